The third-order valence-electron chi connectivity index (χ3n) is 10.3. The SMILES string of the molecule is CC1=c2cc3c(cc2-c2occc2C1(C)C)=C(c1c(F)c(F)cc(F)c1S(=O)(=O)O)c1cc2c(cc1O3)N(C)C(C)(C)c1ccoc1-2. The molecule has 1 N–H and O–H groups in total. The lowest BCUT2D eigenvalue weighted by Crippen LogP contribution is -2.41. The number of ether oxygens (including phenoxy) is 1. The topological polar surface area (TPSA) is 93.1 Å². The van der Waals surface area contributed by atoms with E-state index >= 15 is 13.2 Å². The standard InChI is InChI=1S/C36H28F3NO6S/c1-16-17-13-27-20(11-18(17)32-22(7-9-44-32)35(16,2)3)29(30-31(39)24(37)14-25(38)34(30)47(41,42)43)21-12-19-26(15-28(21)46-27)40(6)36(4,5)23-8-10-45-33(19)23/h7-15H,1-6H3,(H,41,42,43). The molecule has 0 bridgehead atoms. The second-order valence-electron chi connectivity index (χ2n) is 13.3. The molecule has 3 aliphatic rings. The van der Waals surface area contributed by atoms with Gasteiger partial charge in [0.25, 0.3) is 10.1 Å². The molecule has 240 valence electrons. The largest absolute Gasteiger partial charge is 0.464 e. The first-order chi connectivity index (χ1) is 22.0. The molecule has 3 aromatic carbocycles. The number of nitrogens with zero attached hydrogens (tertiary/aromatic N) is 1. The summed E-state index contributed by atoms with van der Waals surface area (Å²) in [6.45, 7) is 10.1. The van der Waals surface area contributed by atoms with E-state index < -0.39 is 49.0 Å². The lowest BCUT2D eigenvalue weighted by molar-refractivity contribution is 0.452. The Morgan fingerprint density at radius 2 is 1.45 bits per heavy atom. The van der Waals surface area contributed by atoms with Crippen molar-refractivity contribution in [3.63, 3.8) is 0 Å². The Labute approximate surface area is 267 Å². The predicted octanol–water partition coefficient (Wildman–Crippen LogP) is 7.37. The van der Waals surface area contributed by atoms with Gasteiger partial charge >= 0.3 is 0 Å². The monoisotopic (exact) mass is 659 g/mol. The van der Waals surface area contributed by atoms with Gasteiger partial charge in [-0.3, -0.25) is 4.55 Å². The smallest absolute Gasteiger partial charge is 0.298 e. The van der Waals surface area contributed by atoms with Crippen LogP contribution in [0.4, 0.5) is 18.9 Å². The highest BCUT2D eigenvalue weighted by atomic mass is 32.2. The van der Waals surface area contributed by atoms with Crippen molar-refractivity contribution in [1.82, 2.24) is 0 Å². The van der Waals surface area contributed by atoms with Crippen LogP contribution in [-0.2, 0) is 21.1 Å². The second kappa shape index (κ2) is 9.20. The minimum absolute atomic E-state index is 0.102. The highest BCUT2D eigenvalue weighted by molar-refractivity contribution is 7.86. The summed E-state index contributed by atoms with van der Waals surface area (Å²) in [5, 5.41) is 0.917. The van der Waals surface area contributed by atoms with Gasteiger partial charge in [0.15, 0.2) is 11.6 Å². The number of hydrogen-bond donors (Lipinski definition) is 1. The molecular weight excluding hydrogens is 631 g/mol. The van der Waals surface area contributed by atoms with Crippen molar-refractivity contribution in [1.29, 1.82) is 0 Å². The van der Waals surface area contributed by atoms with Gasteiger partial charge in [0.1, 0.15) is 33.7 Å². The molecule has 7 nitrogen and oxygen atoms in total. The third kappa shape index (κ3) is 3.81. The number of fused-ring (bicyclic) bond motifs is 8. The van der Waals surface area contributed by atoms with E-state index in [0.717, 1.165) is 21.9 Å². The molecule has 11 heteroatoms. The average Bonchev–Trinajstić information content (AvgIpc) is 3.70. The van der Waals surface area contributed by atoms with Gasteiger partial charge in [-0.15, -0.1) is 0 Å². The molecule has 0 fully saturated rings. The van der Waals surface area contributed by atoms with Gasteiger partial charge in [0.05, 0.1) is 23.8 Å². The third-order valence-corrected chi connectivity index (χ3v) is 11.2. The van der Waals surface area contributed by atoms with Crippen molar-refractivity contribution in [2.24, 2.45) is 0 Å². The van der Waals surface area contributed by atoms with E-state index in [9.17, 15) is 13.0 Å². The molecule has 5 aromatic rings. The van der Waals surface area contributed by atoms with E-state index in [0.29, 0.717) is 28.3 Å². The summed E-state index contributed by atoms with van der Waals surface area (Å²) in [5.41, 5.74) is 2.67. The van der Waals surface area contributed by atoms with Gasteiger partial charge in [-0.1, -0.05) is 19.4 Å². The van der Waals surface area contributed by atoms with Gasteiger partial charge in [0, 0.05) is 68.8 Å². The predicted molar refractivity (Wildman–Crippen MR) is 169 cm³/mol. The average molecular weight is 660 g/mol. The first-order valence-corrected chi connectivity index (χ1v) is 16.3. The molecule has 4 heterocycles. The minimum Gasteiger partial charge on any atom is -0.464 e. The van der Waals surface area contributed by atoms with Gasteiger partial charge < -0.3 is 18.5 Å². The number of hydrogen-bond acceptors (Lipinski definition) is 6. The van der Waals surface area contributed by atoms with Gasteiger partial charge in [0.2, 0.25) is 0 Å². The second-order valence-corrected chi connectivity index (χ2v) is 14.6. The molecule has 2 aromatic heterocycles. The van der Waals surface area contributed by atoms with Crippen LogP contribution in [0.15, 0.2) is 68.7 Å². The molecule has 0 atom stereocenters. The van der Waals surface area contributed by atoms with Crippen LogP contribution in [0.1, 0.15) is 56.9 Å². The van der Waals surface area contributed by atoms with Crippen LogP contribution in [0.5, 0.6) is 11.5 Å². The maximum absolute atomic E-state index is 16.1. The number of furan rings is 2. The van der Waals surface area contributed by atoms with E-state index in [1.54, 1.807) is 36.8 Å². The van der Waals surface area contributed by atoms with E-state index in [4.69, 9.17) is 13.6 Å². The van der Waals surface area contributed by atoms with Gasteiger partial charge in [-0.25, -0.2) is 13.2 Å². The van der Waals surface area contributed by atoms with Crippen LogP contribution in [-0.4, -0.2) is 20.0 Å². The number of anilines is 1. The normalized spacial score (nSPS) is 16.9. The van der Waals surface area contributed by atoms with E-state index in [1.807, 2.05) is 44.9 Å². The van der Waals surface area contributed by atoms with Crippen LogP contribution >= 0.6 is 0 Å². The Morgan fingerprint density at radius 1 is 0.787 bits per heavy atom. The van der Waals surface area contributed by atoms with Crippen LogP contribution in [0.3, 0.4) is 0 Å². The van der Waals surface area contributed by atoms with Crippen molar-refractivity contribution in [2.75, 3.05) is 11.9 Å². The van der Waals surface area contributed by atoms with Crippen molar-refractivity contribution in [3.05, 3.63) is 105 Å². The molecule has 0 amide bonds. The minimum atomic E-state index is -5.41. The molecule has 0 saturated heterocycles. The summed E-state index contributed by atoms with van der Waals surface area (Å²) >= 11 is 0. The zero-order valence-corrected chi connectivity index (χ0v) is 27.0. The zero-order valence-electron chi connectivity index (χ0n) is 26.2. The van der Waals surface area contributed by atoms with E-state index in [2.05, 4.69) is 13.8 Å². The molecule has 0 saturated carbocycles. The Morgan fingerprint density at radius 3 is 2.13 bits per heavy atom. The lowest BCUT2D eigenvalue weighted by atomic mass is 9.72. The Kier molecular flexibility index (Phi) is 5.80. The van der Waals surface area contributed by atoms with Crippen LogP contribution in [0.2, 0.25) is 0 Å². The van der Waals surface area contributed by atoms with Gasteiger partial charge in [-0.05, 0) is 56.3 Å². The molecule has 1 aliphatic carbocycles. The van der Waals surface area contributed by atoms with Crippen molar-refractivity contribution >= 4 is 27.0 Å². The maximum atomic E-state index is 16.1. The van der Waals surface area contributed by atoms with Crippen LogP contribution in [0.25, 0.3) is 33.8 Å². The molecule has 2 aliphatic heterocycles. The lowest BCUT2D eigenvalue weighted by Gasteiger charge is -2.42. The van der Waals surface area contributed by atoms with Crippen LogP contribution < -0.4 is 20.1 Å². The summed E-state index contributed by atoms with van der Waals surface area (Å²) in [6, 6.07) is 10.5. The van der Waals surface area contributed by atoms with Gasteiger partial charge in [-0.2, -0.15) is 8.42 Å². The quantitative estimate of drug-likeness (QED) is 0.153. The van der Waals surface area contributed by atoms with E-state index in [-0.39, 0.29) is 33.9 Å². The zero-order chi connectivity index (χ0) is 33.5. The van der Waals surface area contributed by atoms with Crippen molar-refractivity contribution in [2.45, 2.75) is 50.5 Å². The first-order valence-electron chi connectivity index (χ1n) is 14.9. The molecule has 8 rings (SSSR count). The number of rotatable bonds is 2. The Bertz CT molecular complexity index is 2490. The molecule has 0 unspecified atom stereocenters. The van der Waals surface area contributed by atoms with Crippen molar-refractivity contribution in [3.8, 4) is 34.1 Å². The first kappa shape index (κ1) is 29.6. The van der Waals surface area contributed by atoms with Crippen molar-refractivity contribution < 1.29 is 39.7 Å². The van der Waals surface area contributed by atoms with Crippen LogP contribution in [0, 0.1) is 17.5 Å². The fraction of sp³-hybridized carbons (Fsp3) is 0.222. The molecule has 0 spiro atoms. The summed E-state index contributed by atoms with van der Waals surface area (Å²) in [6.07, 6.45) is 3.12. The molecular formula is C36H28F3NO6S. The summed E-state index contributed by atoms with van der Waals surface area (Å²) < 4.78 is 101. The Balaban J connectivity index is 1.58. The number of halogens is 3. The number of benzene rings is 3. The highest BCUT2D eigenvalue weighted by Crippen LogP contribution is 2.52. The Hall–Kier alpha value is -4.74. The fourth-order valence-electron chi connectivity index (χ4n) is 7.28. The fourth-order valence-corrected chi connectivity index (χ4v) is 8.04. The maximum Gasteiger partial charge on any atom is 0.298 e. The summed E-state index contributed by atoms with van der Waals surface area (Å²) in [5.74, 6) is -3.49. The highest BCUT2D eigenvalue weighted by Gasteiger charge is 2.41. The molecule has 47 heavy (non-hydrogen) atoms. The summed E-state index contributed by atoms with van der Waals surface area (Å²) in [4.78, 5) is 0.636. The molecule has 0 radical (unpaired) electrons. The summed E-state index contributed by atoms with van der Waals surface area (Å²) in [7, 11) is -3.51. The van der Waals surface area contributed by atoms with E-state index in [1.165, 1.54) is 0 Å².